The summed E-state index contributed by atoms with van der Waals surface area (Å²) in [7, 11) is 0. The summed E-state index contributed by atoms with van der Waals surface area (Å²) in [6.45, 7) is -0.998. The van der Waals surface area contributed by atoms with Gasteiger partial charge < -0.3 is 15.5 Å². The molecule has 0 fully saturated rings. The van der Waals surface area contributed by atoms with E-state index in [0.29, 0.717) is 23.3 Å². The van der Waals surface area contributed by atoms with E-state index in [0.717, 1.165) is 12.1 Å². The van der Waals surface area contributed by atoms with Crippen molar-refractivity contribution in [2.75, 3.05) is 13.1 Å². The van der Waals surface area contributed by atoms with Crippen LogP contribution in [0.1, 0.15) is 46.3 Å². The largest absolute Gasteiger partial charge is 0.435 e. The van der Waals surface area contributed by atoms with Gasteiger partial charge in [0.15, 0.2) is 0 Å². The molecular formula is C26H21ClF7N3O3. The Hall–Kier alpha value is -3.61. The minimum atomic E-state index is -4.96. The quantitative estimate of drug-likeness (QED) is 0.496. The summed E-state index contributed by atoms with van der Waals surface area (Å²) < 4.78 is 94.2. The summed E-state index contributed by atoms with van der Waals surface area (Å²) in [5, 5.41) is 7.91. The van der Waals surface area contributed by atoms with Crippen molar-refractivity contribution >= 4 is 41.3 Å². The summed E-state index contributed by atoms with van der Waals surface area (Å²) >= 11 is 5.83. The molecule has 0 aromatic heterocycles. The van der Waals surface area contributed by atoms with Gasteiger partial charge >= 0.3 is 12.4 Å². The van der Waals surface area contributed by atoms with Crippen LogP contribution in [-0.4, -0.2) is 43.0 Å². The fourth-order valence-electron chi connectivity index (χ4n) is 4.51. The SMILES string of the molecule is Cc1cc([C@]2(C(F)(F)F)CC(c3ccc(C(=O)NCC(=O)NCC(F)(F)F)c4c3=CCCC=4)=NO2)cc(Cl)c1F. The number of hydrogen-bond donors (Lipinski definition) is 2. The van der Waals surface area contributed by atoms with Crippen LogP contribution < -0.4 is 21.1 Å². The van der Waals surface area contributed by atoms with Crippen LogP contribution in [0.4, 0.5) is 30.7 Å². The maximum absolute atomic E-state index is 14.4. The van der Waals surface area contributed by atoms with Gasteiger partial charge in [0.05, 0.1) is 17.3 Å². The maximum Gasteiger partial charge on any atom is 0.435 e. The number of carbonyl (C=O) groups excluding carboxylic acids is 2. The van der Waals surface area contributed by atoms with Crippen molar-refractivity contribution in [2.24, 2.45) is 5.16 Å². The fourth-order valence-corrected chi connectivity index (χ4v) is 4.77. The highest BCUT2D eigenvalue weighted by Gasteiger charge is 2.62. The average Bonchev–Trinajstić information content (AvgIpc) is 3.35. The van der Waals surface area contributed by atoms with Crippen LogP contribution in [0.5, 0.6) is 0 Å². The molecule has 0 bridgehead atoms. The van der Waals surface area contributed by atoms with E-state index in [4.69, 9.17) is 16.4 Å². The number of fused-ring (bicyclic) bond motifs is 1. The molecule has 1 aliphatic carbocycles. The van der Waals surface area contributed by atoms with E-state index < -0.39 is 65.7 Å². The smallest absolute Gasteiger partial charge is 0.374 e. The summed E-state index contributed by atoms with van der Waals surface area (Å²) in [4.78, 5) is 29.5. The first kappa shape index (κ1) is 29.4. The lowest BCUT2D eigenvalue weighted by atomic mass is 9.84. The number of oxime groups is 1. The lowest BCUT2D eigenvalue weighted by Crippen LogP contribution is -2.45. The molecule has 0 unspecified atom stereocenters. The zero-order valence-corrected chi connectivity index (χ0v) is 21.5. The van der Waals surface area contributed by atoms with E-state index in [2.05, 4.69) is 10.5 Å². The van der Waals surface area contributed by atoms with Crippen molar-refractivity contribution < 1.29 is 45.2 Å². The molecule has 0 radical (unpaired) electrons. The Kier molecular flexibility index (Phi) is 7.90. The van der Waals surface area contributed by atoms with Crippen molar-refractivity contribution in [3.8, 4) is 0 Å². The van der Waals surface area contributed by atoms with Gasteiger partial charge in [0.1, 0.15) is 12.4 Å². The van der Waals surface area contributed by atoms with Gasteiger partial charge in [-0.15, -0.1) is 0 Å². The second-order valence-corrected chi connectivity index (χ2v) is 9.68. The van der Waals surface area contributed by atoms with Crippen LogP contribution in [-0.2, 0) is 15.2 Å². The van der Waals surface area contributed by atoms with Crippen molar-refractivity contribution in [3.63, 3.8) is 0 Å². The van der Waals surface area contributed by atoms with Gasteiger partial charge in [-0.25, -0.2) is 4.39 Å². The molecule has 2 aliphatic rings. The number of amides is 2. The van der Waals surface area contributed by atoms with Gasteiger partial charge in [-0.05, 0) is 54.0 Å². The number of nitrogens with zero attached hydrogens (tertiary/aromatic N) is 1. The normalized spacial score (nSPS) is 18.6. The van der Waals surface area contributed by atoms with Crippen molar-refractivity contribution in [1.82, 2.24) is 10.6 Å². The Balaban J connectivity index is 1.63. The predicted octanol–water partition coefficient (Wildman–Crippen LogP) is 4.13. The van der Waals surface area contributed by atoms with Crippen LogP contribution in [0.2, 0.25) is 5.02 Å². The Morgan fingerprint density at radius 3 is 2.35 bits per heavy atom. The molecule has 6 nitrogen and oxygen atoms in total. The molecule has 0 saturated carbocycles. The van der Waals surface area contributed by atoms with Gasteiger partial charge in [-0.1, -0.05) is 35.0 Å². The second kappa shape index (κ2) is 10.8. The zero-order chi connectivity index (χ0) is 29.5. The molecule has 40 heavy (non-hydrogen) atoms. The van der Waals surface area contributed by atoms with E-state index in [-0.39, 0.29) is 22.4 Å². The van der Waals surface area contributed by atoms with Crippen molar-refractivity contribution in [3.05, 3.63) is 67.8 Å². The summed E-state index contributed by atoms with van der Waals surface area (Å²) in [5.41, 5.74) is -3.20. The van der Waals surface area contributed by atoms with Crippen molar-refractivity contribution in [1.29, 1.82) is 0 Å². The van der Waals surface area contributed by atoms with Gasteiger partial charge in [0.25, 0.3) is 11.5 Å². The Labute approximate surface area is 227 Å². The van der Waals surface area contributed by atoms with E-state index in [1.165, 1.54) is 19.1 Å². The standard InChI is InChI=1S/C26H21ClF7N3O3/c1-13-8-14(9-19(27)22(13)28)24(26(32,33)34)10-20(37-40-24)17-6-7-18(16-5-3-2-4-15(16)17)23(39)35-11-21(38)36-12-25(29,30)31/h4-9H,2-3,10-12H2,1H3,(H,35,39)(H,36,38)/t24-/m0/s1. The molecule has 2 aromatic carbocycles. The van der Waals surface area contributed by atoms with Crippen LogP contribution >= 0.6 is 11.6 Å². The van der Waals surface area contributed by atoms with Gasteiger partial charge in [0, 0.05) is 23.1 Å². The fraction of sp³-hybridized carbons (Fsp3) is 0.346. The highest BCUT2D eigenvalue weighted by Crippen LogP contribution is 2.49. The maximum atomic E-state index is 14.4. The number of hydrogen-bond acceptors (Lipinski definition) is 4. The minimum Gasteiger partial charge on any atom is -0.374 e. The third-order valence-electron chi connectivity index (χ3n) is 6.46. The molecule has 2 aromatic rings. The third kappa shape index (κ3) is 5.79. The number of halogens is 8. The van der Waals surface area contributed by atoms with Crippen molar-refractivity contribution in [2.45, 2.75) is 44.1 Å². The molecule has 214 valence electrons. The molecular weight excluding hydrogens is 571 g/mol. The Bertz CT molecular complexity index is 1500. The van der Waals surface area contributed by atoms with Crippen LogP contribution in [0, 0.1) is 12.7 Å². The van der Waals surface area contributed by atoms with Gasteiger partial charge in [-0.3, -0.25) is 9.59 Å². The number of rotatable bonds is 6. The molecule has 1 aliphatic heterocycles. The topological polar surface area (TPSA) is 79.8 Å². The molecule has 4 rings (SSSR count). The van der Waals surface area contributed by atoms with Crippen LogP contribution in [0.3, 0.4) is 0 Å². The summed E-state index contributed by atoms with van der Waals surface area (Å²) in [6.07, 6.45) is -5.92. The number of carbonyl (C=O) groups is 2. The predicted molar refractivity (Wildman–Crippen MR) is 131 cm³/mol. The van der Waals surface area contributed by atoms with E-state index >= 15 is 0 Å². The second-order valence-electron chi connectivity index (χ2n) is 9.27. The number of nitrogens with one attached hydrogen (secondary N) is 2. The first-order valence-electron chi connectivity index (χ1n) is 11.9. The molecule has 0 saturated heterocycles. The minimum absolute atomic E-state index is 0.0702. The molecule has 0 spiro atoms. The van der Waals surface area contributed by atoms with E-state index in [1.54, 1.807) is 17.5 Å². The molecule has 1 heterocycles. The molecule has 2 amide bonds. The number of benzene rings is 2. The first-order chi connectivity index (χ1) is 18.6. The van der Waals surface area contributed by atoms with Gasteiger partial charge in [-0.2, -0.15) is 26.3 Å². The highest BCUT2D eigenvalue weighted by atomic mass is 35.5. The Morgan fingerprint density at radius 2 is 1.73 bits per heavy atom. The van der Waals surface area contributed by atoms with E-state index in [9.17, 15) is 40.3 Å². The highest BCUT2D eigenvalue weighted by molar-refractivity contribution is 6.30. The molecule has 1 atom stereocenters. The number of aryl methyl sites for hydroxylation is 1. The zero-order valence-electron chi connectivity index (χ0n) is 20.7. The first-order valence-corrected chi connectivity index (χ1v) is 12.2. The lowest BCUT2D eigenvalue weighted by molar-refractivity contribution is -0.275. The summed E-state index contributed by atoms with van der Waals surface area (Å²) in [5.74, 6) is -2.67. The molecule has 2 N–H and O–H groups in total. The summed E-state index contributed by atoms with van der Waals surface area (Å²) in [6, 6.07) is 4.55. The average molecular weight is 592 g/mol. The lowest BCUT2D eigenvalue weighted by Gasteiger charge is -2.30. The van der Waals surface area contributed by atoms with Crippen LogP contribution in [0.25, 0.3) is 12.2 Å². The molecule has 14 heteroatoms. The monoisotopic (exact) mass is 591 g/mol. The van der Waals surface area contributed by atoms with Gasteiger partial charge in [0.2, 0.25) is 5.91 Å². The van der Waals surface area contributed by atoms with E-state index in [1.807, 2.05) is 0 Å². The number of alkyl halides is 6. The van der Waals surface area contributed by atoms with Crippen LogP contribution in [0.15, 0.2) is 29.4 Å². The third-order valence-corrected chi connectivity index (χ3v) is 6.74. The Morgan fingerprint density at radius 1 is 1.05 bits per heavy atom.